The maximum atomic E-state index is 2.59. The Kier molecular flexibility index (Phi) is 10.4. The molecular weight excluding hydrogens is 655 g/mol. The molecule has 0 N–H and O–H groups in total. The molecule has 6 rings (SSSR count). The zero-order valence-corrected chi connectivity index (χ0v) is 31.2. The van der Waals surface area contributed by atoms with Gasteiger partial charge >= 0.3 is 266 Å². The molecule has 44 heavy (non-hydrogen) atoms. The Balaban J connectivity index is 0.00000221. The summed E-state index contributed by atoms with van der Waals surface area (Å²) in [6.07, 6.45) is 8.02. The maximum absolute atomic E-state index is 2.59. The summed E-state index contributed by atoms with van der Waals surface area (Å²) in [4.78, 5) is 0. The number of hydrogen-bond acceptors (Lipinski definition) is 0. The molecule has 225 valence electrons. The van der Waals surface area contributed by atoms with Crippen molar-refractivity contribution >= 4 is 8.78 Å². The molecule has 0 fully saturated rings. The zero-order valence-electron chi connectivity index (χ0n) is 27.3. The monoisotopic (exact) mass is 695 g/mol. The molecule has 0 radical (unpaired) electrons. The van der Waals surface area contributed by atoms with Crippen LogP contribution in [0.4, 0.5) is 0 Å². The normalized spacial score (nSPS) is 15.0. The smallest absolute Gasteiger partial charge is 1.00 e. The van der Waals surface area contributed by atoms with E-state index in [-0.39, 0.29) is 35.6 Å². The third-order valence-corrected chi connectivity index (χ3v) is 13.5. The largest absolute Gasteiger partial charge is 1.00 e. The van der Waals surface area contributed by atoms with Gasteiger partial charge in [0.1, 0.15) is 0 Å². The molecule has 1 atom stereocenters. The minimum atomic E-state index is -1.24. The van der Waals surface area contributed by atoms with E-state index in [9.17, 15) is 0 Å². The van der Waals surface area contributed by atoms with Crippen LogP contribution < -0.4 is 24.8 Å². The molecule has 0 nitrogen and oxygen atoms in total. The van der Waals surface area contributed by atoms with E-state index in [1.165, 1.54) is 44.5 Å². The summed E-state index contributed by atoms with van der Waals surface area (Å²) in [6, 6.07) is 29.9. The average Bonchev–Trinajstić information content (AvgIpc) is 3.60. The van der Waals surface area contributed by atoms with Gasteiger partial charge in [0.15, 0.2) is 0 Å². The van der Waals surface area contributed by atoms with Gasteiger partial charge in [0.2, 0.25) is 0 Å². The Bertz CT molecular complexity index is 1720. The van der Waals surface area contributed by atoms with Gasteiger partial charge in [-0.3, -0.25) is 0 Å². The first-order valence-electron chi connectivity index (χ1n) is 15.4. The fourth-order valence-corrected chi connectivity index (χ4v) is 11.4. The summed E-state index contributed by atoms with van der Waals surface area (Å²) in [6.45, 7) is 19.1. The SMILES string of the molecule is Cc1c(C)c(C(C)(C)C)c(C2=CC=CC2)c2c1-c1ccc(C(C)(C)C)cc1[CH]2[Zr+2]=[C](c1ccccc1)c1ccccc1.[Cl-].[Cl-]. The molecule has 0 spiro atoms. The van der Waals surface area contributed by atoms with E-state index in [0.717, 1.165) is 6.42 Å². The number of allylic oxidation sites excluding steroid dienone is 4. The number of halogens is 2. The Morgan fingerprint density at radius 3 is 1.80 bits per heavy atom. The minimum absolute atomic E-state index is 0. The van der Waals surface area contributed by atoms with E-state index < -0.39 is 22.8 Å². The maximum Gasteiger partial charge on any atom is -1.00 e. The first kappa shape index (κ1) is 34.6. The van der Waals surface area contributed by atoms with Gasteiger partial charge in [-0.15, -0.1) is 0 Å². The minimum Gasteiger partial charge on any atom is -1.00 e. The second-order valence-corrected chi connectivity index (χ2v) is 17.5. The molecule has 1 unspecified atom stereocenters. The zero-order chi connectivity index (χ0) is 29.8. The van der Waals surface area contributed by atoms with Crippen LogP contribution in [0.15, 0.2) is 97.1 Å². The van der Waals surface area contributed by atoms with Crippen molar-refractivity contribution in [2.45, 2.75) is 76.3 Å². The summed E-state index contributed by atoms with van der Waals surface area (Å²) >= 11 is -1.24. The van der Waals surface area contributed by atoms with Crippen molar-refractivity contribution in [2.75, 3.05) is 0 Å². The number of rotatable bonds is 4. The molecule has 0 saturated carbocycles. The van der Waals surface area contributed by atoms with Crippen molar-refractivity contribution in [1.82, 2.24) is 0 Å². The van der Waals surface area contributed by atoms with E-state index in [4.69, 9.17) is 0 Å². The predicted octanol–water partition coefficient (Wildman–Crippen LogP) is 4.67. The average molecular weight is 698 g/mol. The van der Waals surface area contributed by atoms with Crippen LogP contribution in [0.5, 0.6) is 0 Å². The molecule has 0 aliphatic heterocycles. The summed E-state index contributed by atoms with van der Waals surface area (Å²) in [5, 5.41) is 0. The number of benzene rings is 4. The second-order valence-electron chi connectivity index (χ2n) is 14.1. The molecule has 2 aliphatic carbocycles. The standard InChI is InChI=1S/C28H33.C13H10.2ClH.Zr/c1-17-18(2)26(28(6,7)8)25(19-11-9-10-12-19)23-16-20-15-21(27(3,4)5)13-14-22(20)24(17)23;1-3-7-12(8-4-1)11-13-9-5-2-6-10-13;;;/h9-11,13-16H,12H2,1-8H3;1-10H;2*1H;/q;;;;+2/p-2. The van der Waals surface area contributed by atoms with E-state index in [0.29, 0.717) is 3.63 Å². The van der Waals surface area contributed by atoms with Crippen molar-refractivity contribution in [3.63, 3.8) is 0 Å². The van der Waals surface area contributed by atoms with Gasteiger partial charge in [-0.2, -0.15) is 0 Å². The Morgan fingerprint density at radius 1 is 0.705 bits per heavy atom. The van der Waals surface area contributed by atoms with Crippen molar-refractivity contribution in [3.8, 4) is 11.1 Å². The molecule has 0 aromatic heterocycles. The molecule has 4 aromatic rings. The van der Waals surface area contributed by atoms with E-state index in [1.807, 2.05) is 0 Å². The quantitative estimate of drug-likeness (QED) is 0.291. The van der Waals surface area contributed by atoms with Crippen LogP contribution in [-0.4, -0.2) is 3.21 Å². The van der Waals surface area contributed by atoms with Gasteiger partial charge in [0.25, 0.3) is 0 Å². The van der Waals surface area contributed by atoms with Gasteiger partial charge in [-0.05, 0) is 0 Å². The van der Waals surface area contributed by atoms with Gasteiger partial charge in [-0.1, -0.05) is 0 Å². The summed E-state index contributed by atoms with van der Waals surface area (Å²) in [5.41, 5.74) is 18.1. The van der Waals surface area contributed by atoms with Crippen LogP contribution in [0.1, 0.15) is 102 Å². The number of hydrogen-bond donors (Lipinski definition) is 0. The Labute approximate surface area is 289 Å². The molecule has 2 aliphatic rings. The molecule has 0 saturated heterocycles. The molecule has 0 amide bonds. The van der Waals surface area contributed by atoms with Gasteiger partial charge in [-0.25, -0.2) is 0 Å². The molecule has 0 bridgehead atoms. The molecule has 0 heterocycles. The van der Waals surface area contributed by atoms with Gasteiger partial charge < -0.3 is 24.8 Å². The first-order chi connectivity index (χ1) is 20.0. The van der Waals surface area contributed by atoms with E-state index in [2.05, 4.69) is 152 Å². The Hall–Kier alpha value is -2.31. The van der Waals surface area contributed by atoms with Crippen LogP contribution >= 0.6 is 0 Å². The molecule has 4 aromatic carbocycles. The third-order valence-electron chi connectivity index (χ3n) is 9.14. The summed E-state index contributed by atoms with van der Waals surface area (Å²) < 4.78 is 2.03. The van der Waals surface area contributed by atoms with Gasteiger partial charge in [0, 0.05) is 0 Å². The van der Waals surface area contributed by atoms with Crippen molar-refractivity contribution in [1.29, 1.82) is 0 Å². The van der Waals surface area contributed by atoms with Crippen LogP contribution in [0, 0.1) is 13.8 Å². The van der Waals surface area contributed by atoms with Crippen molar-refractivity contribution in [2.24, 2.45) is 0 Å². The van der Waals surface area contributed by atoms with E-state index >= 15 is 0 Å². The predicted molar refractivity (Wildman–Crippen MR) is 178 cm³/mol. The third kappa shape index (κ3) is 6.23. The Morgan fingerprint density at radius 2 is 1.30 bits per heavy atom. The summed E-state index contributed by atoms with van der Waals surface area (Å²) in [7, 11) is 0. The van der Waals surface area contributed by atoms with Crippen molar-refractivity contribution < 1.29 is 47.6 Å². The summed E-state index contributed by atoms with van der Waals surface area (Å²) in [5.74, 6) is 0. The van der Waals surface area contributed by atoms with Crippen LogP contribution in [0.3, 0.4) is 0 Å². The fourth-order valence-electron chi connectivity index (χ4n) is 7.05. The van der Waals surface area contributed by atoms with Crippen LogP contribution in [0.2, 0.25) is 0 Å². The molecule has 3 heteroatoms. The number of fused-ring (bicyclic) bond motifs is 3. The first-order valence-corrected chi connectivity index (χ1v) is 18.0. The van der Waals surface area contributed by atoms with Crippen LogP contribution in [-0.2, 0) is 33.6 Å². The second kappa shape index (κ2) is 13.2. The van der Waals surface area contributed by atoms with Gasteiger partial charge in [0.05, 0.1) is 0 Å². The molecular formula is C41H43Cl2Zr. The fraction of sp³-hybridized carbons (Fsp3) is 0.293. The van der Waals surface area contributed by atoms with Crippen molar-refractivity contribution in [3.05, 3.63) is 147 Å². The topological polar surface area (TPSA) is 0 Å². The van der Waals surface area contributed by atoms with E-state index in [1.54, 1.807) is 25.5 Å². The van der Waals surface area contributed by atoms with Crippen LogP contribution in [0.25, 0.3) is 16.7 Å².